The summed E-state index contributed by atoms with van der Waals surface area (Å²) in [5, 5.41) is 2.84. The van der Waals surface area contributed by atoms with Crippen LogP contribution >= 0.6 is 0 Å². The second-order valence-corrected chi connectivity index (χ2v) is 6.17. The standard InChI is InChI=1S/C21H25FN2O2/c1-3-17-6-10-20(11-7-17)24(16(2)25)15-13-21(26)23-14-12-18-4-8-19(22)9-5-18/h4-11H,3,12-15H2,1-2H3,(H,23,26). The molecule has 2 rings (SSSR count). The Bertz CT molecular complexity index is 727. The Hall–Kier alpha value is -2.69. The molecule has 0 fully saturated rings. The molecule has 0 heterocycles. The molecule has 2 amide bonds. The fourth-order valence-electron chi connectivity index (χ4n) is 2.68. The number of carbonyl (C=O) groups is 2. The van der Waals surface area contributed by atoms with Gasteiger partial charge in [-0.3, -0.25) is 9.59 Å². The molecule has 4 nitrogen and oxygen atoms in total. The summed E-state index contributed by atoms with van der Waals surface area (Å²) in [4.78, 5) is 25.5. The lowest BCUT2D eigenvalue weighted by molar-refractivity contribution is -0.121. The van der Waals surface area contributed by atoms with Crippen molar-refractivity contribution in [2.75, 3.05) is 18.0 Å². The number of amides is 2. The van der Waals surface area contributed by atoms with Crippen molar-refractivity contribution in [2.24, 2.45) is 0 Å². The lowest BCUT2D eigenvalue weighted by Crippen LogP contribution is -2.34. The molecule has 138 valence electrons. The predicted octanol–water partition coefficient (Wildman–Crippen LogP) is 3.49. The molecule has 0 spiro atoms. The maximum Gasteiger partial charge on any atom is 0.223 e. The number of aryl methyl sites for hydroxylation is 1. The number of rotatable bonds is 8. The summed E-state index contributed by atoms with van der Waals surface area (Å²) >= 11 is 0. The van der Waals surface area contributed by atoms with E-state index < -0.39 is 0 Å². The maximum absolute atomic E-state index is 12.9. The summed E-state index contributed by atoms with van der Waals surface area (Å²) in [6.07, 6.45) is 1.82. The summed E-state index contributed by atoms with van der Waals surface area (Å²) < 4.78 is 12.9. The Balaban J connectivity index is 1.81. The Morgan fingerprint density at radius 3 is 2.19 bits per heavy atom. The molecule has 0 radical (unpaired) electrons. The van der Waals surface area contributed by atoms with E-state index in [1.165, 1.54) is 24.6 Å². The number of halogens is 1. The van der Waals surface area contributed by atoms with Crippen molar-refractivity contribution in [2.45, 2.75) is 33.1 Å². The number of nitrogens with zero attached hydrogens (tertiary/aromatic N) is 1. The second-order valence-electron chi connectivity index (χ2n) is 6.17. The molecule has 1 N–H and O–H groups in total. The molecule has 26 heavy (non-hydrogen) atoms. The van der Waals surface area contributed by atoms with Gasteiger partial charge in [-0.15, -0.1) is 0 Å². The molecule has 2 aromatic rings. The lowest BCUT2D eigenvalue weighted by atomic mass is 10.1. The summed E-state index contributed by atoms with van der Waals surface area (Å²) in [6.45, 7) is 4.40. The molecule has 5 heteroatoms. The first-order valence-corrected chi connectivity index (χ1v) is 8.87. The van der Waals surface area contributed by atoms with Crippen LogP contribution in [0.4, 0.5) is 10.1 Å². The largest absolute Gasteiger partial charge is 0.356 e. The summed E-state index contributed by atoms with van der Waals surface area (Å²) in [6, 6.07) is 14.0. The van der Waals surface area contributed by atoms with Crippen LogP contribution in [0.3, 0.4) is 0 Å². The third kappa shape index (κ3) is 5.99. The van der Waals surface area contributed by atoms with Crippen molar-refractivity contribution in [1.82, 2.24) is 5.32 Å². The summed E-state index contributed by atoms with van der Waals surface area (Å²) in [7, 11) is 0. The van der Waals surface area contributed by atoms with Gasteiger partial charge in [-0.1, -0.05) is 31.2 Å². The van der Waals surface area contributed by atoms with Crippen LogP contribution in [0.25, 0.3) is 0 Å². The van der Waals surface area contributed by atoms with E-state index in [4.69, 9.17) is 0 Å². The Labute approximate surface area is 154 Å². The zero-order valence-corrected chi connectivity index (χ0v) is 15.3. The zero-order chi connectivity index (χ0) is 18.9. The fourth-order valence-corrected chi connectivity index (χ4v) is 2.68. The number of hydrogen-bond donors (Lipinski definition) is 1. The molecule has 0 aliphatic carbocycles. The monoisotopic (exact) mass is 356 g/mol. The SMILES string of the molecule is CCc1ccc(N(CCC(=O)NCCc2ccc(F)cc2)C(C)=O)cc1. The average Bonchev–Trinajstić information content (AvgIpc) is 2.64. The predicted molar refractivity (Wildman–Crippen MR) is 102 cm³/mol. The Morgan fingerprint density at radius 2 is 1.62 bits per heavy atom. The lowest BCUT2D eigenvalue weighted by Gasteiger charge is -2.21. The molecule has 0 unspecified atom stereocenters. The van der Waals surface area contributed by atoms with E-state index >= 15 is 0 Å². The first kappa shape index (κ1) is 19.6. The van der Waals surface area contributed by atoms with Gasteiger partial charge >= 0.3 is 0 Å². The van der Waals surface area contributed by atoms with Gasteiger partial charge in [-0.25, -0.2) is 4.39 Å². The number of anilines is 1. The molecule has 0 aliphatic rings. The maximum atomic E-state index is 12.9. The minimum atomic E-state index is -0.269. The smallest absolute Gasteiger partial charge is 0.223 e. The van der Waals surface area contributed by atoms with E-state index in [-0.39, 0.29) is 24.1 Å². The van der Waals surface area contributed by atoms with Crippen LogP contribution in [0.15, 0.2) is 48.5 Å². The molecule has 0 atom stereocenters. The molecule has 0 saturated carbocycles. The third-order valence-electron chi connectivity index (χ3n) is 4.25. The van der Waals surface area contributed by atoms with Gasteiger partial charge in [-0.05, 0) is 48.2 Å². The number of carbonyl (C=O) groups excluding carboxylic acids is 2. The number of benzene rings is 2. The topological polar surface area (TPSA) is 49.4 Å². The van der Waals surface area contributed by atoms with E-state index in [1.807, 2.05) is 24.3 Å². The average molecular weight is 356 g/mol. The van der Waals surface area contributed by atoms with Crippen LogP contribution in [-0.2, 0) is 22.4 Å². The Morgan fingerprint density at radius 1 is 1.00 bits per heavy atom. The molecular formula is C21H25FN2O2. The highest BCUT2D eigenvalue weighted by Crippen LogP contribution is 2.16. The quantitative estimate of drug-likeness (QED) is 0.787. The van der Waals surface area contributed by atoms with Crippen LogP contribution < -0.4 is 10.2 Å². The molecular weight excluding hydrogens is 331 g/mol. The summed E-state index contributed by atoms with van der Waals surface area (Å²) in [5.41, 5.74) is 2.97. The van der Waals surface area contributed by atoms with E-state index in [0.29, 0.717) is 19.5 Å². The minimum Gasteiger partial charge on any atom is -0.356 e. The van der Waals surface area contributed by atoms with Gasteiger partial charge in [0.25, 0.3) is 0 Å². The van der Waals surface area contributed by atoms with Gasteiger partial charge < -0.3 is 10.2 Å². The highest BCUT2D eigenvalue weighted by Gasteiger charge is 2.13. The second kappa shape index (κ2) is 9.70. The van der Waals surface area contributed by atoms with Crippen molar-refractivity contribution in [3.63, 3.8) is 0 Å². The minimum absolute atomic E-state index is 0.0895. The molecule has 0 bridgehead atoms. The van der Waals surface area contributed by atoms with Crippen molar-refractivity contribution in [1.29, 1.82) is 0 Å². The fraction of sp³-hybridized carbons (Fsp3) is 0.333. The van der Waals surface area contributed by atoms with E-state index in [2.05, 4.69) is 12.2 Å². The Kier molecular flexibility index (Phi) is 7.33. The first-order valence-electron chi connectivity index (χ1n) is 8.87. The van der Waals surface area contributed by atoms with Gasteiger partial charge in [0.1, 0.15) is 5.82 Å². The first-order chi connectivity index (χ1) is 12.5. The van der Waals surface area contributed by atoms with E-state index in [1.54, 1.807) is 17.0 Å². The van der Waals surface area contributed by atoms with Crippen molar-refractivity contribution in [3.8, 4) is 0 Å². The van der Waals surface area contributed by atoms with E-state index in [9.17, 15) is 14.0 Å². The normalized spacial score (nSPS) is 10.4. The highest BCUT2D eigenvalue weighted by molar-refractivity contribution is 5.92. The van der Waals surface area contributed by atoms with Gasteiger partial charge in [0.05, 0.1) is 0 Å². The van der Waals surface area contributed by atoms with Gasteiger partial charge in [0.2, 0.25) is 11.8 Å². The van der Waals surface area contributed by atoms with Crippen LogP contribution in [0.1, 0.15) is 31.4 Å². The number of nitrogens with one attached hydrogen (secondary N) is 1. The van der Waals surface area contributed by atoms with Gasteiger partial charge in [0.15, 0.2) is 0 Å². The molecule has 0 aliphatic heterocycles. The zero-order valence-electron chi connectivity index (χ0n) is 15.3. The van der Waals surface area contributed by atoms with Crippen LogP contribution in [0.2, 0.25) is 0 Å². The van der Waals surface area contributed by atoms with E-state index in [0.717, 1.165) is 17.7 Å². The van der Waals surface area contributed by atoms with Gasteiger partial charge in [0, 0.05) is 32.1 Å². The molecule has 0 saturated heterocycles. The van der Waals surface area contributed by atoms with Crippen molar-refractivity contribution in [3.05, 3.63) is 65.5 Å². The summed E-state index contributed by atoms with van der Waals surface area (Å²) in [5.74, 6) is -0.467. The van der Waals surface area contributed by atoms with Gasteiger partial charge in [-0.2, -0.15) is 0 Å². The van der Waals surface area contributed by atoms with Crippen molar-refractivity contribution >= 4 is 17.5 Å². The highest BCUT2D eigenvalue weighted by atomic mass is 19.1. The third-order valence-corrected chi connectivity index (χ3v) is 4.25. The van der Waals surface area contributed by atoms with Crippen LogP contribution in [0, 0.1) is 5.82 Å². The molecule has 2 aromatic carbocycles. The van der Waals surface area contributed by atoms with Crippen LogP contribution in [-0.4, -0.2) is 24.9 Å². The molecule has 0 aromatic heterocycles. The number of hydrogen-bond acceptors (Lipinski definition) is 2. The van der Waals surface area contributed by atoms with Crippen LogP contribution in [0.5, 0.6) is 0 Å². The van der Waals surface area contributed by atoms with Crippen molar-refractivity contribution < 1.29 is 14.0 Å².